The summed E-state index contributed by atoms with van der Waals surface area (Å²) in [4.78, 5) is 4.18. The molecule has 0 spiro atoms. The molecule has 0 saturated heterocycles. The average molecular weight is 342 g/mol. The maximum Gasteiger partial charge on any atom is 0.209 e. The number of nitrogens with zero attached hydrogens (tertiary/aromatic N) is 1. The van der Waals surface area contributed by atoms with Gasteiger partial charge in [-0.3, -0.25) is 4.98 Å². The number of ether oxygens (including phenoxy) is 1. The van der Waals surface area contributed by atoms with Crippen LogP contribution >= 0.6 is 0 Å². The Hall–Kier alpha value is -2.44. The van der Waals surface area contributed by atoms with Gasteiger partial charge in [0.25, 0.3) is 0 Å². The van der Waals surface area contributed by atoms with Gasteiger partial charge in [0, 0.05) is 24.3 Å². The van der Waals surface area contributed by atoms with Gasteiger partial charge in [-0.1, -0.05) is 24.3 Å². The third-order valence-corrected chi connectivity index (χ3v) is 4.48. The summed E-state index contributed by atoms with van der Waals surface area (Å²) < 4.78 is 30.5. The maximum atomic E-state index is 11.4. The number of hydrogen-bond donors (Lipinski definition) is 1. The molecule has 0 aliphatic heterocycles. The van der Waals surface area contributed by atoms with E-state index in [-0.39, 0.29) is 6.54 Å². The van der Waals surface area contributed by atoms with Gasteiger partial charge in [-0.05, 0) is 40.3 Å². The topological polar surface area (TPSA) is 68.3 Å². The molecule has 0 aliphatic rings. The summed E-state index contributed by atoms with van der Waals surface area (Å²) in [6.45, 7) is 0.236. The average Bonchev–Trinajstić information content (AvgIpc) is 2.59. The number of aromatic nitrogens is 1. The van der Waals surface area contributed by atoms with E-state index < -0.39 is 10.0 Å². The number of sulfonamides is 1. The molecule has 1 heterocycles. The van der Waals surface area contributed by atoms with E-state index in [1.807, 2.05) is 42.5 Å². The number of fused-ring (bicyclic) bond motifs is 1. The molecule has 0 unspecified atom stereocenters. The van der Waals surface area contributed by atoms with E-state index in [1.165, 1.54) is 0 Å². The van der Waals surface area contributed by atoms with E-state index >= 15 is 0 Å². The molecule has 0 bridgehead atoms. The number of nitrogens with one attached hydrogen (secondary N) is 1. The van der Waals surface area contributed by atoms with Crippen LogP contribution in [0.2, 0.25) is 0 Å². The zero-order chi connectivity index (χ0) is 17.2. The van der Waals surface area contributed by atoms with Crippen LogP contribution in [-0.4, -0.2) is 26.8 Å². The normalized spacial score (nSPS) is 11.6. The molecule has 5 nitrogen and oxygen atoms in total. The van der Waals surface area contributed by atoms with Crippen molar-refractivity contribution in [3.63, 3.8) is 0 Å². The highest BCUT2D eigenvalue weighted by Gasteiger charge is 2.10. The van der Waals surface area contributed by atoms with Crippen LogP contribution in [0.3, 0.4) is 0 Å². The monoisotopic (exact) mass is 342 g/mol. The van der Waals surface area contributed by atoms with E-state index in [0.717, 1.165) is 39.5 Å². The second kappa shape index (κ2) is 6.59. The Morgan fingerprint density at radius 2 is 1.96 bits per heavy atom. The first-order chi connectivity index (χ1) is 11.5. The summed E-state index contributed by atoms with van der Waals surface area (Å²) in [7, 11) is -1.61. The van der Waals surface area contributed by atoms with Gasteiger partial charge in [-0.2, -0.15) is 0 Å². The van der Waals surface area contributed by atoms with Crippen LogP contribution < -0.4 is 9.46 Å². The molecule has 1 N–H and O–H groups in total. The van der Waals surface area contributed by atoms with Crippen molar-refractivity contribution in [3.05, 3.63) is 60.4 Å². The van der Waals surface area contributed by atoms with Crippen molar-refractivity contribution in [2.45, 2.75) is 6.54 Å². The zero-order valence-corrected chi connectivity index (χ0v) is 14.3. The Morgan fingerprint density at radius 3 is 2.71 bits per heavy atom. The van der Waals surface area contributed by atoms with Crippen molar-refractivity contribution in [3.8, 4) is 16.9 Å². The van der Waals surface area contributed by atoms with Gasteiger partial charge in [0.05, 0.1) is 13.4 Å². The second-order valence-electron chi connectivity index (χ2n) is 5.52. The summed E-state index contributed by atoms with van der Waals surface area (Å²) in [5.74, 6) is 0.789. The highest BCUT2D eigenvalue weighted by molar-refractivity contribution is 7.88. The first-order valence-electron chi connectivity index (χ1n) is 7.42. The minimum atomic E-state index is -3.25. The molecule has 0 aliphatic carbocycles. The van der Waals surface area contributed by atoms with Gasteiger partial charge >= 0.3 is 0 Å². The molecule has 3 rings (SSSR count). The summed E-state index contributed by atoms with van der Waals surface area (Å²) in [6, 6.07) is 13.7. The largest absolute Gasteiger partial charge is 0.497 e. The van der Waals surface area contributed by atoms with Crippen LogP contribution in [-0.2, 0) is 16.6 Å². The van der Waals surface area contributed by atoms with Crippen molar-refractivity contribution < 1.29 is 13.2 Å². The minimum absolute atomic E-state index is 0.236. The molecule has 2 aromatic carbocycles. The quantitative estimate of drug-likeness (QED) is 0.774. The maximum absolute atomic E-state index is 11.4. The predicted octanol–water partition coefficient (Wildman–Crippen LogP) is 2.96. The second-order valence-corrected chi connectivity index (χ2v) is 7.35. The fourth-order valence-corrected chi connectivity index (χ4v) is 3.07. The number of methoxy groups -OCH3 is 1. The van der Waals surface area contributed by atoms with E-state index in [1.54, 1.807) is 19.5 Å². The summed E-state index contributed by atoms with van der Waals surface area (Å²) in [6.07, 6.45) is 4.65. The lowest BCUT2D eigenvalue weighted by Gasteiger charge is -2.12. The third-order valence-electron chi connectivity index (χ3n) is 3.81. The predicted molar refractivity (Wildman–Crippen MR) is 95.4 cm³/mol. The fraction of sp³-hybridized carbons (Fsp3) is 0.167. The summed E-state index contributed by atoms with van der Waals surface area (Å²) in [5, 5.41) is 1.94. The highest BCUT2D eigenvalue weighted by Crippen LogP contribution is 2.32. The third kappa shape index (κ3) is 3.55. The molecule has 3 aromatic rings. The molecule has 0 radical (unpaired) electrons. The van der Waals surface area contributed by atoms with E-state index in [9.17, 15) is 8.42 Å². The van der Waals surface area contributed by atoms with Crippen LogP contribution in [0, 0.1) is 0 Å². The SMILES string of the molecule is COc1cccc(-c2ccc(CNS(C)(=O)=O)c3cnccc23)c1. The van der Waals surface area contributed by atoms with Crippen LogP contribution in [0.25, 0.3) is 21.9 Å². The minimum Gasteiger partial charge on any atom is -0.497 e. The van der Waals surface area contributed by atoms with Crippen LogP contribution in [0.15, 0.2) is 54.9 Å². The lowest BCUT2D eigenvalue weighted by Crippen LogP contribution is -2.21. The molecule has 0 saturated carbocycles. The molecule has 24 heavy (non-hydrogen) atoms. The van der Waals surface area contributed by atoms with Crippen molar-refractivity contribution in [1.29, 1.82) is 0 Å². The number of benzene rings is 2. The molecule has 1 aromatic heterocycles. The van der Waals surface area contributed by atoms with Crippen molar-refractivity contribution in [2.24, 2.45) is 0 Å². The molecule has 124 valence electrons. The van der Waals surface area contributed by atoms with Gasteiger partial charge in [-0.15, -0.1) is 0 Å². The lowest BCUT2D eigenvalue weighted by atomic mass is 9.96. The Balaban J connectivity index is 2.11. The van der Waals surface area contributed by atoms with Gasteiger partial charge in [0.2, 0.25) is 10.0 Å². The van der Waals surface area contributed by atoms with Crippen molar-refractivity contribution in [1.82, 2.24) is 9.71 Å². The van der Waals surface area contributed by atoms with E-state index in [4.69, 9.17) is 4.74 Å². The summed E-state index contributed by atoms with van der Waals surface area (Å²) >= 11 is 0. The van der Waals surface area contributed by atoms with Crippen molar-refractivity contribution in [2.75, 3.05) is 13.4 Å². The lowest BCUT2D eigenvalue weighted by molar-refractivity contribution is 0.415. The first-order valence-corrected chi connectivity index (χ1v) is 9.32. The van der Waals surface area contributed by atoms with Gasteiger partial charge in [-0.25, -0.2) is 13.1 Å². The van der Waals surface area contributed by atoms with Crippen LogP contribution in [0.5, 0.6) is 5.75 Å². The molecule has 0 atom stereocenters. The Morgan fingerprint density at radius 1 is 1.12 bits per heavy atom. The van der Waals surface area contributed by atoms with E-state index in [0.29, 0.717) is 0 Å². The number of pyridine rings is 1. The van der Waals surface area contributed by atoms with Crippen LogP contribution in [0.4, 0.5) is 0 Å². The Labute approximate surface area is 141 Å². The Bertz CT molecular complexity index is 984. The molecular weight excluding hydrogens is 324 g/mol. The van der Waals surface area contributed by atoms with Gasteiger partial charge in [0.15, 0.2) is 0 Å². The summed E-state index contributed by atoms with van der Waals surface area (Å²) in [5.41, 5.74) is 2.97. The van der Waals surface area contributed by atoms with E-state index in [2.05, 4.69) is 9.71 Å². The van der Waals surface area contributed by atoms with Crippen molar-refractivity contribution >= 4 is 20.8 Å². The molecule has 0 amide bonds. The van der Waals surface area contributed by atoms with Gasteiger partial charge in [0.1, 0.15) is 5.75 Å². The number of rotatable bonds is 5. The first kappa shape index (κ1) is 16.4. The fourth-order valence-electron chi connectivity index (χ4n) is 2.65. The van der Waals surface area contributed by atoms with Gasteiger partial charge < -0.3 is 4.74 Å². The molecule has 0 fully saturated rings. The highest BCUT2D eigenvalue weighted by atomic mass is 32.2. The zero-order valence-electron chi connectivity index (χ0n) is 13.5. The molecular formula is C18H18N2O3S. The number of hydrogen-bond acceptors (Lipinski definition) is 4. The molecule has 6 heteroatoms. The standard InChI is InChI=1S/C18H18N2O3S/c1-23-15-5-3-4-13(10-15)16-7-6-14(11-20-24(2,21)22)18-12-19-9-8-17(16)18/h3-10,12,20H,11H2,1-2H3. The Kier molecular flexibility index (Phi) is 4.51. The smallest absolute Gasteiger partial charge is 0.209 e. The van der Waals surface area contributed by atoms with Crippen LogP contribution in [0.1, 0.15) is 5.56 Å².